The van der Waals surface area contributed by atoms with E-state index in [2.05, 4.69) is 15.0 Å². The monoisotopic (exact) mass is 380 g/mol. The maximum atomic E-state index is 10.8. The Kier molecular flexibility index (Phi) is 5.92. The van der Waals surface area contributed by atoms with Crippen LogP contribution in [0.15, 0.2) is 61.1 Å². The van der Waals surface area contributed by atoms with Gasteiger partial charge in [-0.1, -0.05) is 6.07 Å². The van der Waals surface area contributed by atoms with E-state index in [1.807, 2.05) is 23.1 Å². The van der Waals surface area contributed by atoms with Crippen molar-refractivity contribution in [3.8, 4) is 0 Å². The van der Waals surface area contributed by atoms with Gasteiger partial charge in [0, 0.05) is 38.0 Å². The molecular formula is C18H16N6O4. The van der Waals surface area contributed by atoms with Gasteiger partial charge in [0.25, 0.3) is 11.4 Å². The summed E-state index contributed by atoms with van der Waals surface area (Å²) in [6.07, 6.45) is 4.14. The molecule has 0 aliphatic heterocycles. The molecular weight excluding hydrogens is 364 g/mol. The van der Waals surface area contributed by atoms with Crippen LogP contribution in [-0.2, 0) is 19.6 Å². The van der Waals surface area contributed by atoms with E-state index in [9.17, 15) is 20.2 Å². The van der Waals surface area contributed by atoms with Crippen molar-refractivity contribution in [3.63, 3.8) is 0 Å². The van der Waals surface area contributed by atoms with Crippen LogP contribution in [0, 0.1) is 20.2 Å². The van der Waals surface area contributed by atoms with Gasteiger partial charge in [0.15, 0.2) is 0 Å². The van der Waals surface area contributed by atoms with E-state index >= 15 is 0 Å². The Morgan fingerprint density at radius 3 is 1.57 bits per heavy atom. The summed E-state index contributed by atoms with van der Waals surface area (Å²) in [7, 11) is 0. The average molecular weight is 380 g/mol. The van der Waals surface area contributed by atoms with E-state index in [0.717, 1.165) is 5.69 Å². The second-order valence-corrected chi connectivity index (χ2v) is 6.00. The zero-order valence-electron chi connectivity index (χ0n) is 14.7. The summed E-state index contributed by atoms with van der Waals surface area (Å²) in [6.45, 7) is 1.32. The molecule has 3 aromatic rings. The fourth-order valence-electron chi connectivity index (χ4n) is 2.58. The Morgan fingerprint density at radius 1 is 0.714 bits per heavy atom. The number of nitro groups is 2. The van der Waals surface area contributed by atoms with Crippen LogP contribution in [-0.4, -0.2) is 29.7 Å². The number of pyridine rings is 3. The van der Waals surface area contributed by atoms with E-state index in [0.29, 0.717) is 31.0 Å². The van der Waals surface area contributed by atoms with Crippen LogP contribution in [0.1, 0.15) is 17.1 Å². The SMILES string of the molecule is O=[N+]([O-])c1ccc(CN(Cc2ccccn2)Cc2ccc([N+](=O)[O-])cn2)nc1. The minimum absolute atomic E-state index is 0.0722. The van der Waals surface area contributed by atoms with Crippen LogP contribution in [0.2, 0.25) is 0 Å². The molecule has 3 rings (SSSR count). The second-order valence-electron chi connectivity index (χ2n) is 6.00. The highest BCUT2D eigenvalue weighted by Crippen LogP contribution is 2.15. The topological polar surface area (TPSA) is 128 Å². The average Bonchev–Trinajstić information content (AvgIpc) is 2.69. The van der Waals surface area contributed by atoms with Gasteiger partial charge >= 0.3 is 0 Å². The molecule has 0 N–H and O–H groups in total. The zero-order chi connectivity index (χ0) is 19.9. The van der Waals surface area contributed by atoms with Crippen molar-refractivity contribution in [2.75, 3.05) is 0 Å². The van der Waals surface area contributed by atoms with Crippen LogP contribution in [0.5, 0.6) is 0 Å². The molecule has 0 aliphatic carbocycles. The Morgan fingerprint density at radius 2 is 1.21 bits per heavy atom. The molecule has 10 nitrogen and oxygen atoms in total. The first kappa shape index (κ1) is 19.0. The van der Waals surface area contributed by atoms with Gasteiger partial charge < -0.3 is 0 Å². The van der Waals surface area contributed by atoms with Gasteiger partial charge in [-0.2, -0.15) is 0 Å². The predicted octanol–water partition coefficient (Wildman–Crippen LogP) is 2.89. The van der Waals surface area contributed by atoms with E-state index in [1.165, 1.54) is 24.5 Å². The first-order chi connectivity index (χ1) is 13.5. The molecule has 0 atom stereocenters. The van der Waals surface area contributed by atoms with Gasteiger partial charge in [0.1, 0.15) is 12.4 Å². The lowest BCUT2D eigenvalue weighted by Gasteiger charge is -2.21. The lowest BCUT2D eigenvalue weighted by Crippen LogP contribution is -2.24. The Hall–Kier alpha value is -3.79. The molecule has 0 saturated heterocycles. The smallest absolute Gasteiger partial charge is 0.286 e. The van der Waals surface area contributed by atoms with Gasteiger partial charge in [0.2, 0.25) is 0 Å². The summed E-state index contributed by atoms with van der Waals surface area (Å²) in [6, 6.07) is 11.6. The van der Waals surface area contributed by atoms with Crippen molar-refractivity contribution in [3.05, 3.63) is 98.4 Å². The van der Waals surface area contributed by atoms with Crippen LogP contribution < -0.4 is 0 Å². The number of hydrogen-bond donors (Lipinski definition) is 0. The van der Waals surface area contributed by atoms with Crippen LogP contribution in [0.25, 0.3) is 0 Å². The van der Waals surface area contributed by atoms with Crippen LogP contribution in [0.4, 0.5) is 11.4 Å². The molecule has 3 aromatic heterocycles. The summed E-state index contributed by atoms with van der Waals surface area (Å²) in [4.78, 5) is 35.2. The number of nitrogens with zero attached hydrogens (tertiary/aromatic N) is 6. The number of hydrogen-bond acceptors (Lipinski definition) is 8. The van der Waals surface area contributed by atoms with Crippen molar-refractivity contribution >= 4 is 11.4 Å². The van der Waals surface area contributed by atoms with Crippen LogP contribution >= 0.6 is 0 Å². The highest BCUT2D eigenvalue weighted by Gasteiger charge is 2.13. The van der Waals surface area contributed by atoms with Crippen molar-refractivity contribution in [2.45, 2.75) is 19.6 Å². The van der Waals surface area contributed by atoms with Gasteiger partial charge in [-0.05, 0) is 24.3 Å². The third-order valence-electron chi connectivity index (χ3n) is 3.92. The van der Waals surface area contributed by atoms with Gasteiger partial charge in [-0.15, -0.1) is 0 Å². The predicted molar refractivity (Wildman–Crippen MR) is 99.0 cm³/mol. The lowest BCUT2D eigenvalue weighted by atomic mass is 10.2. The molecule has 0 unspecified atom stereocenters. The molecule has 28 heavy (non-hydrogen) atoms. The molecule has 0 radical (unpaired) electrons. The maximum absolute atomic E-state index is 10.8. The molecule has 142 valence electrons. The molecule has 0 aliphatic rings. The Balaban J connectivity index is 1.77. The number of aromatic nitrogens is 3. The second kappa shape index (κ2) is 8.73. The normalized spacial score (nSPS) is 10.8. The Bertz CT molecular complexity index is 889. The van der Waals surface area contributed by atoms with Crippen molar-refractivity contribution in [1.82, 2.24) is 19.9 Å². The lowest BCUT2D eigenvalue weighted by molar-refractivity contribution is -0.385. The molecule has 10 heteroatoms. The standard InChI is InChI=1S/C18H16N6O4/c25-23(26)17-6-4-15(20-9-17)12-22(11-14-3-1-2-8-19-14)13-16-5-7-18(10-21-16)24(27)28/h1-10H,11-13H2. The molecule has 0 spiro atoms. The summed E-state index contributed by atoms with van der Waals surface area (Å²) in [5, 5.41) is 21.6. The quantitative estimate of drug-likeness (QED) is 0.431. The minimum Gasteiger partial charge on any atom is -0.286 e. The van der Waals surface area contributed by atoms with Crippen molar-refractivity contribution in [2.24, 2.45) is 0 Å². The minimum atomic E-state index is -0.497. The van der Waals surface area contributed by atoms with E-state index < -0.39 is 9.85 Å². The van der Waals surface area contributed by atoms with Crippen molar-refractivity contribution < 1.29 is 9.85 Å². The van der Waals surface area contributed by atoms with Gasteiger partial charge in [0.05, 0.1) is 26.9 Å². The highest BCUT2D eigenvalue weighted by molar-refractivity contribution is 5.28. The first-order valence-corrected chi connectivity index (χ1v) is 8.32. The summed E-state index contributed by atoms with van der Waals surface area (Å²) < 4.78 is 0. The van der Waals surface area contributed by atoms with Crippen molar-refractivity contribution in [1.29, 1.82) is 0 Å². The largest absolute Gasteiger partial charge is 0.287 e. The van der Waals surface area contributed by atoms with Gasteiger partial charge in [-0.3, -0.25) is 40.1 Å². The maximum Gasteiger partial charge on any atom is 0.287 e. The molecule has 0 aromatic carbocycles. The van der Waals surface area contributed by atoms with E-state index in [-0.39, 0.29) is 11.4 Å². The third kappa shape index (κ3) is 5.11. The summed E-state index contributed by atoms with van der Waals surface area (Å²) in [5.41, 5.74) is 2.01. The molecule has 0 fully saturated rings. The fourth-order valence-corrected chi connectivity index (χ4v) is 2.58. The first-order valence-electron chi connectivity index (χ1n) is 8.32. The summed E-state index contributed by atoms with van der Waals surface area (Å²) in [5.74, 6) is 0. The molecule has 0 amide bonds. The fraction of sp³-hybridized carbons (Fsp3) is 0.167. The third-order valence-corrected chi connectivity index (χ3v) is 3.92. The molecule has 0 bridgehead atoms. The van der Waals surface area contributed by atoms with E-state index in [4.69, 9.17) is 0 Å². The van der Waals surface area contributed by atoms with Gasteiger partial charge in [-0.25, -0.2) is 0 Å². The number of rotatable bonds is 8. The summed E-state index contributed by atoms with van der Waals surface area (Å²) >= 11 is 0. The molecule has 0 saturated carbocycles. The van der Waals surface area contributed by atoms with E-state index in [1.54, 1.807) is 18.3 Å². The zero-order valence-corrected chi connectivity index (χ0v) is 14.7. The highest BCUT2D eigenvalue weighted by atomic mass is 16.6. The molecule has 3 heterocycles. The van der Waals surface area contributed by atoms with Crippen LogP contribution in [0.3, 0.4) is 0 Å². The Labute approximate surface area is 159 Å².